The number of carbonyl (C=O) groups excluding carboxylic acids is 1. The molecule has 1 amide bonds. The van der Waals surface area contributed by atoms with E-state index in [0.717, 1.165) is 9.25 Å². The maximum absolute atomic E-state index is 12.8. The van der Waals surface area contributed by atoms with Gasteiger partial charge in [0.2, 0.25) is 11.6 Å². The number of nitrogens with zero attached hydrogens (tertiary/aromatic N) is 7. The van der Waals surface area contributed by atoms with Crippen molar-refractivity contribution in [2.24, 2.45) is 22.5 Å². The van der Waals surface area contributed by atoms with Crippen molar-refractivity contribution in [1.82, 2.24) is 24.6 Å². The van der Waals surface area contributed by atoms with Crippen LogP contribution in [0.25, 0.3) is 5.69 Å². The highest BCUT2D eigenvalue weighted by molar-refractivity contribution is 6.05. The molecule has 0 radical (unpaired) electrons. The third-order valence-corrected chi connectivity index (χ3v) is 4.00. The fraction of sp³-hybridized carbons (Fsp3) is 0.375. The van der Waals surface area contributed by atoms with Crippen LogP contribution in [0.3, 0.4) is 0 Å². The van der Waals surface area contributed by atoms with Crippen molar-refractivity contribution < 1.29 is 9.53 Å². The molecule has 2 aromatic rings. The first-order chi connectivity index (χ1) is 13.4. The van der Waals surface area contributed by atoms with E-state index in [-0.39, 0.29) is 17.6 Å². The van der Waals surface area contributed by atoms with Crippen molar-refractivity contribution in [3.8, 4) is 11.6 Å². The van der Waals surface area contributed by atoms with Gasteiger partial charge in [0, 0.05) is 19.5 Å². The number of pyridine rings is 1. The lowest BCUT2D eigenvalue weighted by molar-refractivity contribution is 0.0966. The zero-order valence-electron chi connectivity index (χ0n) is 15.5. The number of methoxy groups -OCH3 is 1. The summed E-state index contributed by atoms with van der Waals surface area (Å²) in [6, 6.07) is 2.95. The molecule has 12 heteroatoms. The summed E-state index contributed by atoms with van der Waals surface area (Å²) in [7, 11) is 2.78. The number of rotatable bonds is 3. The molecule has 3 heterocycles. The summed E-state index contributed by atoms with van der Waals surface area (Å²) in [5.74, 6) is -0.208. The molecule has 2 aromatic heterocycles. The van der Waals surface area contributed by atoms with Gasteiger partial charge in [-0.3, -0.25) is 9.59 Å². The number of amides is 1. The molecule has 1 unspecified atom stereocenters. The van der Waals surface area contributed by atoms with Crippen LogP contribution in [0.2, 0.25) is 0 Å². The van der Waals surface area contributed by atoms with E-state index in [1.54, 1.807) is 0 Å². The zero-order chi connectivity index (χ0) is 20.3. The third kappa shape index (κ3) is 3.84. The molecular weight excluding hydrogens is 368 g/mol. The molecule has 146 valence electrons. The molecule has 0 bridgehead atoms. The third-order valence-electron chi connectivity index (χ3n) is 4.00. The average molecular weight is 386 g/mol. The highest BCUT2D eigenvalue weighted by atomic mass is 16.5. The van der Waals surface area contributed by atoms with E-state index >= 15 is 0 Å². The van der Waals surface area contributed by atoms with Crippen LogP contribution < -0.4 is 21.3 Å². The topological polar surface area (TPSA) is 145 Å². The van der Waals surface area contributed by atoms with Crippen LogP contribution in [0.1, 0.15) is 30.3 Å². The smallest absolute Gasteiger partial charge is 0.351 e. The van der Waals surface area contributed by atoms with Gasteiger partial charge in [0.05, 0.1) is 25.0 Å². The van der Waals surface area contributed by atoms with E-state index in [4.69, 9.17) is 4.74 Å². The molecule has 1 aliphatic rings. The van der Waals surface area contributed by atoms with Crippen LogP contribution >= 0.6 is 0 Å². The van der Waals surface area contributed by atoms with Crippen molar-refractivity contribution in [1.29, 1.82) is 0 Å². The number of aromatic nitrogens is 4. The van der Waals surface area contributed by atoms with Gasteiger partial charge < -0.3 is 10.1 Å². The molecule has 1 atom stereocenters. The van der Waals surface area contributed by atoms with Gasteiger partial charge in [-0.05, 0) is 24.6 Å². The van der Waals surface area contributed by atoms with E-state index in [2.05, 4.69) is 30.8 Å². The maximum atomic E-state index is 12.8. The molecule has 0 saturated carbocycles. The van der Waals surface area contributed by atoms with Crippen LogP contribution in [0.5, 0.6) is 5.88 Å². The van der Waals surface area contributed by atoms with E-state index in [1.807, 2.05) is 6.92 Å². The Morgan fingerprint density at radius 1 is 1.32 bits per heavy atom. The van der Waals surface area contributed by atoms with Gasteiger partial charge in [0.25, 0.3) is 11.5 Å². The standard InChI is InChI=1S/C16H18N8O4/c1-9-4-6-11(20-22-19-9)18-14(25)13-15(26)24(16(27)23(2)21-13)10-5-7-12(28-3)17-8-10/h5,7-9H,4,6H2,1-3H3,(H,18,19,20,25). The molecule has 3 rings (SSSR count). The van der Waals surface area contributed by atoms with Gasteiger partial charge in [0.1, 0.15) is 5.84 Å². The SMILES string of the molecule is COc1ccc(-n2c(=O)c(C(=O)NC3=NN=NC(C)CC3)nn(C)c2=O)cn1. The normalized spacial score (nSPS) is 16.2. The molecule has 1 aliphatic heterocycles. The number of hydrogen-bond donors (Lipinski definition) is 1. The molecule has 0 spiro atoms. The Hall–Kier alpha value is -3.70. The van der Waals surface area contributed by atoms with Crippen molar-refractivity contribution in [2.45, 2.75) is 25.8 Å². The lowest BCUT2D eigenvalue weighted by Crippen LogP contribution is -2.45. The number of ether oxygens (including phenoxy) is 1. The molecular formula is C16H18N8O4. The average Bonchev–Trinajstić information content (AvgIpc) is 2.89. The van der Waals surface area contributed by atoms with Gasteiger partial charge in [-0.1, -0.05) is 0 Å². The van der Waals surface area contributed by atoms with Crippen molar-refractivity contribution in [3.05, 3.63) is 44.9 Å². The molecule has 0 fully saturated rings. The van der Waals surface area contributed by atoms with Gasteiger partial charge in [-0.15, -0.1) is 5.10 Å². The zero-order valence-corrected chi connectivity index (χ0v) is 15.5. The minimum absolute atomic E-state index is 0.0198. The monoisotopic (exact) mass is 386 g/mol. The van der Waals surface area contributed by atoms with Crippen LogP contribution in [-0.4, -0.2) is 44.2 Å². The molecule has 0 aromatic carbocycles. The number of hydrogen-bond acceptors (Lipinski definition) is 9. The summed E-state index contributed by atoms with van der Waals surface area (Å²) in [6.07, 6.45) is 2.37. The van der Waals surface area contributed by atoms with Crippen LogP contribution in [0.4, 0.5) is 0 Å². The van der Waals surface area contributed by atoms with Crippen molar-refractivity contribution in [3.63, 3.8) is 0 Å². The van der Waals surface area contributed by atoms with Gasteiger partial charge in [0.15, 0.2) is 0 Å². The van der Waals surface area contributed by atoms with E-state index in [0.29, 0.717) is 18.7 Å². The summed E-state index contributed by atoms with van der Waals surface area (Å²) < 4.78 is 6.68. The second-order valence-electron chi connectivity index (χ2n) is 6.05. The Labute approximate surface area is 158 Å². The van der Waals surface area contributed by atoms with Crippen molar-refractivity contribution in [2.75, 3.05) is 7.11 Å². The number of amidine groups is 1. The van der Waals surface area contributed by atoms with Gasteiger partial charge in [-0.25, -0.2) is 19.0 Å². The van der Waals surface area contributed by atoms with E-state index in [1.165, 1.54) is 32.5 Å². The Bertz CT molecular complexity index is 1070. The Kier molecular flexibility index (Phi) is 5.38. The Morgan fingerprint density at radius 3 is 2.79 bits per heavy atom. The highest BCUT2D eigenvalue weighted by Crippen LogP contribution is 2.09. The molecule has 0 saturated heterocycles. The van der Waals surface area contributed by atoms with E-state index < -0.39 is 22.9 Å². The summed E-state index contributed by atoms with van der Waals surface area (Å²) in [4.78, 5) is 41.8. The summed E-state index contributed by atoms with van der Waals surface area (Å²) in [6.45, 7) is 1.87. The Balaban J connectivity index is 1.98. The first-order valence-electron chi connectivity index (χ1n) is 8.39. The minimum atomic E-state index is -0.878. The van der Waals surface area contributed by atoms with Gasteiger partial charge in [-0.2, -0.15) is 10.2 Å². The van der Waals surface area contributed by atoms with Gasteiger partial charge >= 0.3 is 5.69 Å². The molecule has 1 N–H and O–H groups in total. The lowest BCUT2D eigenvalue weighted by Gasteiger charge is -2.10. The summed E-state index contributed by atoms with van der Waals surface area (Å²) >= 11 is 0. The fourth-order valence-corrected chi connectivity index (χ4v) is 2.47. The highest BCUT2D eigenvalue weighted by Gasteiger charge is 2.21. The van der Waals surface area contributed by atoms with E-state index in [9.17, 15) is 14.4 Å². The maximum Gasteiger partial charge on any atom is 0.351 e. The van der Waals surface area contributed by atoms with Crippen LogP contribution in [0, 0.1) is 0 Å². The van der Waals surface area contributed by atoms with Crippen LogP contribution in [0.15, 0.2) is 43.4 Å². The predicted molar refractivity (Wildman–Crippen MR) is 97.9 cm³/mol. The molecule has 12 nitrogen and oxygen atoms in total. The quantitative estimate of drug-likeness (QED) is 0.786. The number of aryl methyl sites for hydroxylation is 1. The fourth-order valence-electron chi connectivity index (χ4n) is 2.47. The predicted octanol–water partition coefficient (Wildman–Crippen LogP) is 0.0126. The minimum Gasteiger partial charge on any atom is -0.481 e. The lowest BCUT2D eigenvalue weighted by atomic mass is 10.2. The van der Waals surface area contributed by atoms with Crippen molar-refractivity contribution >= 4 is 11.7 Å². The molecule has 0 aliphatic carbocycles. The largest absolute Gasteiger partial charge is 0.481 e. The second-order valence-corrected chi connectivity index (χ2v) is 6.05. The summed E-state index contributed by atoms with van der Waals surface area (Å²) in [5, 5.41) is 17.7. The summed E-state index contributed by atoms with van der Waals surface area (Å²) in [5.41, 5.74) is -1.88. The number of nitrogens with one attached hydrogen (secondary N) is 1. The first-order valence-corrected chi connectivity index (χ1v) is 8.39. The Morgan fingerprint density at radius 2 is 2.11 bits per heavy atom. The molecule has 28 heavy (non-hydrogen) atoms. The number of carbonyl (C=O) groups is 1. The first kappa shape index (κ1) is 19.1. The second kappa shape index (κ2) is 7.90. The van der Waals surface area contributed by atoms with Crippen LogP contribution in [-0.2, 0) is 7.05 Å².